The van der Waals surface area contributed by atoms with Gasteiger partial charge in [-0.15, -0.1) is 0 Å². The number of methoxy groups -OCH3 is 1. The molecule has 1 heterocycles. The maximum Gasteiger partial charge on any atom is 0.328 e. The zero-order chi connectivity index (χ0) is 14.4. The highest BCUT2D eigenvalue weighted by Gasteiger charge is 2.19. The van der Waals surface area contributed by atoms with Crippen LogP contribution in [0, 0.1) is 0 Å². The summed E-state index contributed by atoms with van der Waals surface area (Å²) in [6, 6.07) is -0.116. The highest BCUT2D eigenvalue weighted by molar-refractivity contribution is 5.83. The number of nitrogens with one attached hydrogen (secondary N) is 2. The van der Waals surface area contributed by atoms with Crippen molar-refractivity contribution in [3.8, 4) is 0 Å². The van der Waals surface area contributed by atoms with Crippen LogP contribution in [0.2, 0.25) is 0 Å². The van der Waals surface area contributed by atoms with E-state index in [1.54, 1.807) is 0 Å². The van der Waals surface area contributed by atoms with Crippen molar-refractivity contribution in [2.45, 2.75) is 12.6 Å². The minimum Gasteiger partial charge on any atom is -0.480 e. The van der Waals surface area contributed by atoms with Gasteiger partial charge in [0.15, 0.2) is 6.04 Å². The summed E-state index contributed by atoms with van der Waals surface area (Å²) in [7, 11) is 1.30. The van der Waals surface area contributed by atoms with Gasteiger partial charge >= 0.3 is 11.7 Å². The second-order valence-corrected chi connectivity index (χ2v) is 3.65. The van der Waals surface area contributed by atoms with Gasteiger partial charge < -0.3 is 15.2 Å². The first-order valence-corrected chi connectivity index (χ1v) is 5.25. The first kappa shape index (κ1) is 14.6. The fraction of sp³-hybridized carbons (Fsp3) is 0.400. The summed E-state index contributed by atoms with van der Waals surface area (Å²) in [5, 5.41) is 11.0. The summed E-state index contributed by atoms with van der Waals surface area (Å²) in [6.07, 6.45) is 1.15. The normalized spacial score (nSPS) is 11.8. The van der Waals surface area contributed by atoms with E-state index in [0.717, 1.165) is 16.8 Å². The molecule has 0 spiro atoms. The van der Waals surface area contributed by atoms with E-state index in [0.29, 0.717) is 0 Å². The van der Waals surface area contributed by atoms with E-state index in [4.69, 9.17) is 5.11 Å². The molecule has 0 saturated heterocycles. The third-order valence-corrected chi connectivity index (χ3v) is 2.18. The summed E-state index contributed by atoms with van der Waals surface area (Å²) < 4.78 is 5.59. The maximum atomic E-state index is 11.6. The number of H-pyrrole nitrogens is 1. The summed E-state index contributed by atoms with van der Waals surface area (Å²) in [5.41, 5.74) is -1.33. The summed E-state index contributed by atoms with van der Waals surface area (Å²) in [6.45, 7) is -0.593. The molecule has 1 aromatic heterocycles. The summed E-state index contributed by atoms with van der Waals surface area (Å²) in [4.78, 5) is 46.4. The minimum absolute atomic E-state index is 0.193. The van der Waals surface area contributed by atoms with E-state index < -0.39 is 35.7 Å². The number of aromatic nitrogens is 2. The molecule has 9 heteroatoms. The highest BCUT2D eigenvalue weighted by Crippen LogP contribution is 1.87. The zero-order valence-electron chi connectivity index (χ0n) is 10.1. The standard InChI is InChI=1S/C10H13N3O6/c1-19-5-6(9(16)17)11-8(15)4-13-3-2-7(14)12-10(13)18/h2-3,6H,4-5H2,1H3,(H,11,15)(H,16,17)(H,12,14,18). The average molecular weight is 271 g/mol. The lowest BCUT2D eigenvalue weighted by Gasteiger charge is -2.13. The van der Waals surface area contributed by atoms with Gasteiger partial charge in [0, 0.05) is 19.4 Å². The smallest absolute Gasteiger partial charge is 0.328 e. The fourth-order valence-electron chi connectivity index (χ4n) is 1.30. The quantitative estimate of drug-likeness (QED) is 0.536. The van der Waals surface area contributed by atoms with Crippen molar-refractivity contribution in [2.24, 2.45) is 0 Å². The Morgan fingerprint density at radius 3 is 2.74 bits per heavy atom. The molecule has 0 aliphatic heterocycles. The van der Waals surface area contributed by atoms with E-state index >= 15 is 0 Å². The number of carboxylic acid groups (broad SMARTS) is 1. The molecule has 1 atom stereocenters. The number of hydrogen-bond acceptors (Lipinski definition) is 5. The van der Waals surface area contributed by atoms with E-state index in [9.17, 15) is 19.2 Å². The van der Waals surface area contributed by atoms with Crippen molar-refractivity contribution >= 4 is 11.9 Å². The number of nitrogens with zero attached hydrogens (tertiary/aromatic N) is 1. The number of aromatic amines is 1. The Morgan fingerprint density at radius 1 is 1.53 bits per heavy atom. The van der Waals surface area contributed by atoms with Crippen LogP contribution in [0.1, 0.15) is 0 Å². The Bertz CT molecular complexity index is 575. The van der Waals surface area contributed by atoms with E-state index in [2.05, 4.69) is 10.1 Å². The van der Waals surface area contributed by atoms with Crippen LogP contribution >= 0.6 is 0 Å². The van der Waals surface area contributed by atoms with Crippen molar-refractivity contribution in [2.75, 3.05) is 13.7 Å². The first-order valence-electron chi connectivity index (χ1n) is 5.25. The molecule has 0 saturated carbocycles. The van der Waals surface area contributed by atoms with E-state index in [1.165, 1.54) is 7.11 Å². The lowest BCUT2D eigenvalue weighted by Crippen LogP contribution is -2.46. The van der Waals surface area contributed by atoms with Crippen molar-refractivity contribution in [3.05, 3.63) is 33.1 Å². The number of rotatable bonds is 6. The molecule has 0 aliphatic carbocycles. The van der Waals surface area contributed by atoms with Crippen LogP contribution in [0.3, 0.4) is 0 Å². The Morgan fingerprint density at radius 2 is 2.21 bits per heavy atom. The molecule has 0 fully saturated rings. The van der Waals surface area contributed by atoms with Gasteiger partial charge in [-0.2, -0.15) is 0 Å². The van der Waals surface area contributed by atoms with Gasteiger partial charge in [0.25, 0.3) is 5.56 Å². The molecule has 0 radical (unpaired) electrons. The number of hydrogen-bond donors (Lipinski definition) is 3. The van der Waals surface area contributed by atoms with Gasteiger partial charge in [0.05, 0.1) is 6.61 Å². The van der Waals surface area contributed by atoms with Gasteiger partial charge in [0.2, 0.25) is 5.91 Å². The topological polar surface area (TPSA) is 130 Å². The average Bonchev–Trinajstić information content (AvgIpc) is 2.32. The van der Waals surface area contributed by atoms with Crippen LogP contribution < -0.4 is 16.6 Å². The number of amides is 1. The van der Waals surface area contributed by atoms with Crippen molar-refractivity contribution in [3.63, 3.8) is 0 Å². The largest absolute Gasteiger partial charge is 0.480 e. The van der Waals surface area contributed by atoms with Crippen LogP contribution in [0.15, 0.2) is 21.9 Å². The van der Waals surface area contributed by atoms with Crippen LogP contribution in [0.5, 0.6) is 0 Å². The molecule has 1 unspecified atom stereocenters. The predicted octanol–water partition coefficient (Wildman–Crippen LogP) is -2.25. The molecule has 9 nitrogen and oxygen atoms in total. The zero-order valence-corrected chi connectivity index (χ0v) is 10.1. The Balaban J connectivity index is 2.71. The molecular formula is C10H13N3O6. The molecular weight excluding hydrogens is 258 g/mol. The second-order valence-electron chi connectivity index (χ2n) is 3.65. The lowest BCUT2D eigenvalue weighted by molar-refractivity contribution is -0.143. The van der Waals surface area contributed by atoms with E-state index in [-0.39, 0.29) is 6.61 Å². The minimum atomic E-state index is -1.25. The molecule has 1 amide bonds. The Labute approximate surface area is 106 Å². The highest BCUT2D eigenvalue weighted by atomic mass is 16.5. The number of carbonyl (C=O) groups is 2. The molecule has 104 valence electrons. The lowest BCUT2D eigenvalue weighted by atomic mass is 10.3. The van der Waals surface area contributed by atoms with Gasteiger partial charge in [-0.25, -0.2) is 9.59 Å². The summed E-state index contributed by atoms with van der Waals surface area (Å²) >= 11 is 0. The van der Waals surface area contributed by atoms with Crippen molar-refractivity contribution in [1.29, 1.82) is 0 Å². The fourth-order valence-corrected chi connectivity index (χ4v) is 1.30. The molecule has 1 rings (SSSR count). The number of carbonyl (C=O) groups excluding carboxylic acids is 1. The monoisotopic (exact) mass is 271 g/mol. The van der Waals surface area contributed by atoms with Gasteiger partial charge in [-0.05, 0) is 0 Å². The van der Waals surface area contributed by atoms with Crippen molar-refractivity contribution < 1.29 is 19.4 Å². The van der Waals surface area contributed by atoms with Crippen LogP contribution in [-0.2, 0) is 20.9 Å². The van der Waals surface area contributed by atoms with Crippen molar-refractivity contribution in [1.82, 2.24) is 14.9 Å². The first-order chi connectivity index (χ1) is 8.93. The van der Waals surface area contributed by atoms with Gasteiger partial charge in [-0.1, -0.05) is 0 Å². The maximum absolute atomic E-state index is 11.6. The Hall–Kier alpha value is -2.42. The van der Waals surface area contributed by atoms with E-state index in [1.807, 2.05) is 4.98 Å². The van der Waals surface area contributed by atoms with Gasteiger partial charge in [0.1, 0.15) is 6.54 Å². The van der Waals surface area contributed by atoms with Crippen LogP contribution in [-0.4, -0.2) is 46.3 Å². The van der Waals surface area contributed by atoms with Gasteiger partial charge in [-0.3, -0.25) is 19.1 Å². The molecule has 1 aromatic rings. The Kier molecular flexibility index (Phi) is 5.01. The third kappa shape index (κ3) is 4.39. The predicted molar refractivity (Wildman–Crippen MR) is 62.8 cm³/mol. The summed E-state index contributed by atoms with van der Waals surface area (Å²) in [5.74, 6) is -1.93. The molecule has 0 aromatic carbocycles. The van der Waals surface area contributed by atoms with Crippen LogP contribution in [0.4, 0.5) is 0 Å². The number of carboxylic acids is 1. The molecule has 3 N–H and O–H groups in total. The molecule has 19 heavy (non-hydrogen) atoms. The number of ether oxygens (including phenoxy) is 1. The third-order valence-electron chi connectivity index (χ3n) is 2.18. The molecule has 0 bridgehead atoms. The number of aliphatic carboxylic acids is 1. The van der Waals surface area contributed by atoms with Crippen LogP contribution in [0.25, 0.3) is 0 Å². The second kappa shape index (κ2) is 6.50. The molecule has 0 aliphatic rings. The SMILES string of the molecule is COCC(NC(=O)Cn1ccc(=O)[nH]c1=O)C(=O)O.